The Bertz CT molecular complexity index is 1210. The number of nitrogens with zero attached hydrogens (tertiary/aromatic N) is 4. The van der Waals surface area contributed by atoms with Crippen molar-refractivity contribution >= 4 is 28.0 Å². The highest BCUT2D eigenvalue weighted by atomic mass is 16.5. The number of rotatable bonds is 4. The second kappa shape index (κ2) is 7.21. The minimum absolute atomic E-state index is 0.237. The van der Waals surface area contributed by atoms with E-state index in [1.165, 1.54) is 0 Å². The number of aromatic nitrogens is 5. The Kier molecular flexibility index (Phi) is 4.51. The third kappa shape index (κ3) is 3.43. The molecule has 4 aromatic rings. The summed E-state index contributed by atoms with van der Waals surface area (Å²) in [5.74, 6) is 1.05. The summed E-state index contributed by atoms with van der Waals surface area (Å²) in [6.07, 6.45) is 8.58. The molecule has 0 aliphatic heterocycles. The lowest BCUT2D eigenvalue weighted by Crippen LogP contribution is -2.36. The van der Waals surface area contributed by atoms with Crippen molar-refractivity contribution in [1.29, 1.82) is 0 Å². The molecule has 1 aliphatic rings. The van der Waals surface area contributed by atoms with Gasteiger partial charge >= 0.3 is 0 Å². The number of aromatic amines is 1. The predicted molar refractivity (Wildman–Crippen MR) is 115 cm³/mol. The third-order valence-electron chi connectivity index (χ3n) is 5.87. The van der Waals surface area contributed by atoms with Crippen LogP contribution in [0, 0.1) is 0 Å². The van der Waals surface area contributed by atoms with Crippen molar-refractivity contribution in [3.8, 4) is 17.0 Å². The number of hydrogen-bond donors (Lipinski definition) is 3. The van der Waals surface area contributed by atoms with E-state index in [0.717, 1.165) is 53.2 Å². The monoisotopic (exact) mass is 404 g/mol. The Morgan fingerprint density at radius 1 is 1.13 bits per heavy atom. The highest BCUT2D eigenvalue weighted by Crippen LogP contribution is 2.36. The van der Waals surface area contributed by atoms with Crippen molar-refractivity contribution in [2.24, 2.45) is 0 Å². The zero-order valence-corrected chi connectivity index (χ0v) is 17.0. The smallest absolute Gasteiger partial charge is 0.228 e. The number of H-pyrrole nitrogens is 1. The van der Waals surface area contributed by atoms with Crippen LogP contribution in [0.4, 0.5) is 5.95 Å². The van der Waals surface area contributed by atoms with Crippen LogP contribution >= 0.6 is 0 Å². The Morgan fingerprint density at radius 3 is 2.67 bits per heavy atom. The zero-order chi connectivity index (χ0) is 20.7. The largest absolute Gasteiger partial charge is 0.480 e. The Hall–Kier alpha value is -3.26. The summed E-state index contributed by atoms with van der Waals surface area (Å²) in [7, 11) is 1.62. The van der Waals surface area contributed by atoms with Crippen molar-refractivity contribution in [3.63, 3.8) is 0 Å². The number of benzene rings is 1. The normalized spacial score (nSPS) is 21.8. The number of nitrogens with one attached hydrogen (secondary N) is 2. The van der Waals surface area contributed by atoms with E-state index in [4.69, 9.17) is 4.74 Å². The standard InChI is InChI=1S/C22H24N6O2/c1-22(29)7-5-14(6-8-22)26-21-27-19-18(20(28-21)30-2)15(12-25-19)13-3-4-16-17(11-13)24-10-9-23-16/h3-4,9-12,14,29H,5-8H2,1-2H3,(H2,25,26,27,28)/t14-,22-. The lowest BCUT2D eigenvalue weighted by Gasteiger charge is -2.33. The van der Waals surface area contributed by atoms with Gasteiger partial charge in [-0.25, -0.2) is 0 Å². The maximum atomic E-state index is 10.2. The van der Waals surface area contributed by atoms with E-state index >= 15 is 0 Å². The van der Waals surface area contributed by atoms with Gasteiger partial charge in [0.15, 0.2) is 0 Å². The molecule has 0 saturated heterocycles. The van der Waals surface area contributed by atoms with Crippen LogP contribution in [-0.4, -0.2) is 48.8 Å². The number of ether oxygens (including phenoxy) is 1. The number of methoxy groups -OCH3 is 1. The number of fused-ring (bicyclic) bond motifs is 2. The Labute approximate surface area is 173 Å². The summed E-state index contributed by atoms with van der Waals surface area (Å²) >= 11 is 0. The second-order valence-electron chi connectivity index (χ2n) is 8.16. The molecule has 8 heteroatoms. The van der Waals surface area contributed by atoms with Crippen LogP contribution in [0.5, 0.6) is 5.88 Å². The summed E-state index contributed by atoms with van der Waals surface area (Å²) in [5, 5.41) is 14.4. The van der Waals surface area contributed by atoms with Gasteiger partial charge in [0.05, 0.1) is 29.1 Å². The van der Waals surface area contributed by atoms with Gasteiger partial charge < -0.3 is 20.1 Å². The fourth-order valence-corrected chi connectivity index (χ4v) is 4.14. The lowest BCUT2D eigenvalue weighted by atomic mass is 9.84. The molecule has 1 aromatic carbocycles. The molecule has 0 amide bonds. The molecule has 1 saturated carbocycles. The Morgan fingerprint density at radius 2 is 1.90 bits per heavy atom. The highest BCUT2D eigenvalue weighted by molar-refractivity contribution is 5.99. The minimum atomic E-state index is -0.570. The van der Waals surface area contributed by atoms with Gasteiger partial charge in [-0.15, -0.1) is 0 Å². The fraction of sp³-hybridized carbons (Fsp3) is 0.364. The molecule has 0 unspecified atom stereocenters. The first-order valence-electron chi connectivity index (χ1n) is 10.2. The van der Waals surface area contributed by atoms with Crippen LogP contribution < -0.4 is 10.1 Å². The van der Waals surface area contributed by atoms with Crippen LogP contribution in [0.2, 0.25) is 0 Å². The van der Waals surface area contributed by atoms with Crippen molar-refractivity contribution < 1.29 is 9.84 Å². The van der Waals surface area contributed by atoms with Gasteiger partial charge in [0.2, 0.25) is 11.8 Å². The van der Waals surface area contributed by atoms with Crippen molar-refractivity contribution in [2.75, 3.05) is 12.4 Å². The van der Waals surface area contributed by atoms with Crippen LogP contribution in [-0.2, 0) is 0 Å². The molecule has 3 aromatic heterocycles. The van der Waals surface area contributed by atoms with Gasteiger partial charge in [0, 0.05) is 30.2 Å². The van der Waals surface area contributed by atoms with Gasteiger partial charge in [-0.3, -0.25) is 9.97 Å². The molecule has 0 radical (unpaired) electrons. The predicted octanol–water partition coefficient (Wildman–Crippen LogP) is 3.68. The van der Waals surface area contributed by atoms with Crippen LogP contribution in [0.3, 0.4) is 0 Å². The molecule has 5 rings (SSSR count). The molecular weight excluding hydrogens is 380 g/mol. The first-order valence-corrected chi connectivity index (χ1v) is 10.2. The quantitative estimate of drug-likeness (QED) is 0.476. The molecule has 30 heavy (non-hydrogen) atoms. The van der Waals surface area contributed by atoms with E-state index in [0.29, 0.717) is 17.5 Å². The molecule has 1 aliphatic carbocycles. The van der Waals surface area contributed by atoms with E-state index in [-0.39, 0.29) is 6.04 Å². The zero-order valence-electron chi connectivity index (χ0n) is 17.0. The summed E-state index contributed by atoms with van der Waals surface area (Å²) in [6, 6.07) is 6.21. The van der Waals surface area contributed by atoms with Crippen LogP contribution in [0.1, 0.15) is 32.6 Å². The van der Waals surface area contributed by atoms with Gasteiger partial charge in [-0.2, -0.15) is 9.97 Å². The second-order valence-corrected chi connectivity index (χ2v) is 8.16. The van der Waals surface area contributed by atoms with E-state index in [1.807, 2.05) is 31.3 Å². The van der Waals surface area contributed by atoms with Crippen molar-refractivity contribution in [3.05, 3.63) is 36.8 Å². The SMILES string of the molecule is COc1nc(N[C@H]2CC[C@](C)(O)CC2)nc2[nH]cc(-c3ccc4nccnc4c3)c12. The number of aliphatic hydroxyl groups is 1. The molecule has 3 heterocycles. The van der Waals surface area contributed by atoms with Gasteiger partial charge in [-0.05, 0) is 50.3 Å². The lowest BCUT2D eigenvalue weighted by molar-refractivity contribution is 0.0195. The summed E-state index contributed by atoms with van der Waals surface area (Å²) in [5.41, 5.74) is 3.76. The molecule has 0 atom stereocenters. The number of anilines is 1. The van der Waals surface area contributed by atoms with Crippen molar-refractivity contribution in [2.45, 2.75) is 44.2 Å². The molecule has 154 valence electrons. The highest BCUT2D eigenvalue weighted by Gasteiger charge is 2.29. The topological polar surface area (TPSA) is 109 Å². The van der Waals surface area contributed by atoms with E-state index in [9.17, 15) is 5.11 Å². The molecule has 0 bridgehead atoms. The van der Waals surface area contributed by atoms with E-state index < -0.39 is 5.60 Å². The third-order valence-corrected chi connectivity index (χ3v) is 5.87. The number of hydrogen-bond acceptors (Lipinski definition) is 7. The van der Waals surface area contributed by atoms with E-state index in [1.54, 1.807) is 19.5 Å². The summed E-state index contributed by atoms with van der Waals surface area (Å²) in [6.45, 7) is 1.90. The first-order chi connectivity index (χ1) is 14.5. The average molecular weight is 404 g/mol. The van der Waals surface area contributed by atoms with Gasteiger partial charge in [-0.1, -0.05) is 6.07 Å². The maximum Gasteiger partial charge on any atom is 0.228 e. The van der Waals surface area contributed by atoms with E-state index in [2.05, 4.69) is 30.2 Å². The Balaban J connectivity index is 1.49. The average Bonchev–Trinajstić information content (AvgIpc) is 3.18. The fourth-order valence-electron chi connectivity index (χ4n) is 4.14. The first kappa shape index (κ1) is 18.7. The van der Waals surface area contributed by atoms with Gasteiger partial charge in [0.1, 0.15) is 5.65 Å². The van der Waals surface area contributed by atoms with Crippen LogP contribution in [0.25, 0.3) is 33.2 Å². The van der Waals surface area contributed by atoms with Gasteiger partial charge in [0.25, 0.3) is 0 Å². The van der Waals surface area contributed by atoms with Crippen LogP contribution in [0.15, 0.2) is 36.8 Å². The summed E-state index contributed by atoms with van der Waals surface area (Å²) < 4.78 is 5.62. The maximum absolute atomic E-state index is 10.2. The van der Waals surface area contributed by atoms with Crippen molar-refractivity contribution in [1.82, 2.24) is 24.9 Å². The minimum Gasteiger partial charge on any atom is -0.480 e. The molecule has 3 N–H and O–H groups in total. The molecule has 8 nitrogen and oxygen atoms in total. The summed E-state index contributed by atoms with van der Waals surface area (Å²) in [4.78, 5) is 21.3. The molecular formula is C22H24N6O2. The molecule has 0 spiro atoms. The molecule has 1 fully saturated rings.